The minimum absolute atomic E-state index is 0.167. The van der Waals surface area contributed by atoms with E-state index in [-0.39, 0.29) is 17.5 Å². The number of benzene rings is 1. The van der Waals surface area contributed by atoms with Gasteiger partial charge in [0.1, 0.15) is 5.82 Å². The average molecular weight is 410 g/mol. The van der Waals surface area contributed by atoms with E-state index < -0.39 is 0 Å². The molecule has 2 aromatic rings. The second-order valence-electron chi connectivity index (χ2n) is 8.62. The molecule has 0 bridgehead atoms. The third-order valence-electron chi connectivity index (χ3n) is 4.87. The Balaban J connectivity index is 1.53. The molecule has 0 aliphatic carbocycles. The van der Waals surface area contributed by atoms with Gasteiger partial charge in [-0.1, -0.05) is 30.3 Å². The van der Waals surface area contributed by atoms with Crippen molar-refractivity contribution < 1.29 is 9.59 Å². The Morgan fingerprint density at radius 2 is 1.77 bits per heavy atom. The van der Waals surface area contributed by atoms with E-state index in [1.165, 1.54) is 0 Å². The fraction of sp³-hybridized carbons (Fsp3) is 0.435. The van der Waals surface area contributed by atoms with Crippen LogP contribution < -0.4 is 15.5 Å². The topological polar surface area (TPSA) is 77.6 Å². The molecule has 0 atom stereocenters. The number of aromatic nitrogens is 1. The highest BCUT2D eigenvalue weighted by atomic mass is 16.2. The second kappa shape index (κ2) is 9.61. The Bertz CT molecular complexity index is 846. The second-order valence-corrected chi connectivity index (χ2v) is 8.62. The van der Waals surface area contributed by atoms with Crippen LogP contribution in [0.2, 0.25) is 0 Å². The maximum absolute atomic E-state index is 12.7. The van der Waals surface area contributed by atoms with E-state index in [1.54, 1.807) is 6.20 Å². The predicted molar refractivity (Wildman–Crippen MR) is 120 cm³/mol. The van der Waals surface area contributed by atoms with Crippen LogP contribution in [0.4, 0.5) is 16.3 Å². The molecular weight excluding hydrogens is 378 g/mol. The Morgan fingerprint density at radius 1 is 1.00 bits per heavy atom. The monoisotopic (exact) mass is 409 g/mol. The van der Waals surface area contributed by atoms with Crippen LogP contribution in [0.5, 0.6) is 0 Å². The number of nitrogens with zero attached hydrogens (tertiary/aromatic N) is 3. The first-order valence-corrected chi connectivity index (χ1v) is 10.4. The molecule has 0 unspecified atom stereocenters. The van der Waals surface area contributed by atoms with E-state index in [9.17, 15) is 9.59 Å². The van der Waals surface area contributed by atoms with Crippen LogP contribution in [-0.2, 0) is 11.2 Å². The lowest BCUT2D eigenvalue weighted by atomic mass is 10.1. The molecular formula is C23H31N5O2. The molecule has 1 aliphatic rings. The van der Waals surface area contributed by atoms with Gasteiger partial charge in [-0.2, -0.15) is 0 Å². The van der Waals surface area contributed by atoms with E-state index >= 15 is 0 Å². The van der Waals surface area contributed by atoms with Gasteiger partial charge in [-0.3, -0.25) is 4.79 Å². The van der Waals surface area contributed by atoms with Crippen LogP contribution in [0.25, 0.3) is 0 Å². The number of rotatable bonds is 4. The molecule has 0 spiro atoms. The van der Waals surface area contributed by atoms with E-state index in [0.717, 1.165) is 37.4 Å². The number of amides is 3. The van der Waals surface area contributed by atoms with Gasteiger partial charge in [-0.25, -0.2) is 9.78 Å². The summed E-state index contributed by atoms with van der Waals surface area (Å²) in [6, 6.07) is 13.4. The largest absolute Gasteiger partial charge is 0.355 e. The fourth-order valence-corrected chi connectivity index (χ4v) is 3.43. The van der Waals surface area contributed by atoms with Crippen molar-refractivity contribution >= 4 is 23.4 Å². The predicted octanol–water partition coefficient (Wildman–Crippen LogP) is 3.28. The Labute approximate surface area is 178 Å². The molecule has 1 fully saturated rings. The smallest absolute Gasteiger partial charge is 0.319 e. The van der Waals surface area contributed by atoms with E-state index in [2.05, 4.69) is 20.5 Å². The number of hydrogen-bond acceptors (Lipinski definition) is 4. The minimum atomic E-state index is -0.298. The molecule has 3 amide bonds. The molecule has 3 rings (SSSR count). The van der Waals surface area contributed by atoms with E-state index in [4.69, 9.17) is 0 Å². The standard InChI is InChI=1S/C23H31N5O2/c1-23(2,3)26-22(30)25-19-10-11-20(24-17-19)27-12-7-13-28(15-14-27)21(29)16-18-8-5-4-6-9-18/h4-6,8-11,17H,7,12-16H2,1-3H3,(H2,25,26,30). The molecule has 7 nitrogen and oxygen atoms in total. The normalized spacial score (nSPS) is 14.8. The van der Waals surface area contributed by atoms with Crippen molar-refractivity contribution in [3.05, 3.63) is 54.2 Å². The lowest BCUT2D eigenvalue weighted by molar-refractivity contribution is -0.130. The quantitative estimate of drug-likeness (QED) is 0.812. The maximum Gasteiger partial charge on any atom is 0.319 e. The molecule has 1 aromatic carbocycles. The summed E-state index contributed by atoms with van der Waals surface area (Å²) in [7, 11) is 0. The summed E-state index contributed by atoms with van der Waals surface area (Å²) in [6.45, 7) is 8.82. The zero-order valence-corrected chi connectivity index (χ0v) is 18.0. The third kappa shape index (κ3) is 6.47. The zero-order chi connectivity index (χ0) is 21.6. The van der Waals surface area contributed by atoms with Crippen LogP contribution in [0.3, 0.4) is 0 Å². The van der Waals surface area contributed by atoms with Gasteiger partial charge < -0.3 is 20.4 Å². The number of pyridine rings is 1. The molecule has 1 saturated heterocycles. The first-order valence-electron chi connectivity index (χ1n) is 10.4. The zero-order valence-electron chi connectivity index (χ0n) is 18.0. The molecule has 0 saturated carbocycles. The Kier molecular flexibility index (Phi) is 6.92. The summed E-state index contributed by atoms with van der Waals surface area (Å²) in [4.78, 5) is 33.3. The molecule has 1 aliphatic heterocycles. The molecule has 0 radical (unpaired) electrons. The van der Waals surface area contributed by atoms with Gasteiger partial charge in [0.15, 0.2) is 0 Å². The summed E-state index contributed by atoms with van der Waals surface area (Å²) < 4.78 is 0. The summed E-state index contributed by atoms with van der Waals surface area (Å²) in [5, 5.41) is 5.66. The number of carbonyl (C=O) groups is 2. The van der Waals surface area contributed by atoms with Crippen molar-refractivity contribution in [3.63, 3.8) is 0 Å². The molecule has 2 N–H and O–H groups in total. The van der Waals surface area contributed by atoms with Crippen molar-refractivity contribution in [3.8, 4) is 0 Å². The highest BCUT2D eigenvalue weighted by molar-refractivity contribution is 5.89. The van der Waals surface area contributed by atoms with Crippen LogP contribution in [-0.4, -0.2) is 53.5 Å². The highest BCUT2D eigenvalue weighted by Gasteiger charge is 2.20. The number of urea groups is 1. The van der Waals surface area contributed by atoms with E-state index in [1.807, 2.05) is 68.1 Å². The maximum atomic E-state index is 12.7. The minimum Gasteiger partial charge on any atom is -0.355 e. The van der Waals surface area contributed by atoms with Gasteiger partial charge in [0, 0.05) is 31.7 Å². The first kappa shape index (κ1) is 21.6. The van der Waals surface area contributed by atoms with Gasteiger partial charge in [0.2, 0.25) is 5.91 Å². The van der Waals surface area contributed by atoms with Gasteiger partial charge in [0.25, 0.3) is 0 Å². The third-order valence-corrected chi connectivity index (χ3v) is 4.87. The van der Waals surface area contributed by atoms with Crippen molar-refractivity contribution in [2.24, 2.45) is 0 Å². The Hall–Kier alpha value is -3.09. The van der Waals surface area contributed by atoms with Crippen LogP contribution in [0, 0.1) is 0 Å². The molecule has 160 valence electrons. The SMILES string of the molecule is CC(C)(C)NC(=O)Nc1ccc(N2CCCN(C(=O)Cc3ccccc3)CC2)nc1. The van der Waals surface area contributed by atoms with Gasteiger partial charge in [-0.05, 0) is 44.9 Å². The molecule has 2 heterocycles. The first-order chi connectivity index (χ1) is 14.3. The summed E-state index contributed by atoms with van der Waals surface area (Å²) >= 11 is 0. The average Bonchev–Trinajstić information content (AvgIpc) is 2.94. The van der Waals surface area contributed by atoms with E-state index in [0.29, 0.717) is 18.7 Å². The van der Waals surface area contributed by atoms with Crippen molar-refractivity contribution in [2.45, 2.75) is 39.2 Å². The van der Waals surface area contributed by atoms with Crippen molar-refractivity contribution in [1.29, 1.82) is 0 Å². The highest BCUT2D eigenvalue weighted by Crippen LogP contribution is 2.17. The van der Waals surface area contributed by atoms with Gasteiger partial charge in [0.05, 0.1) is 18.3 Å². The summed E-state index contributed by atoms with van der Waals surface area (Å²) in [6.07, 6.45) is 3.01. The molecule has 1 aromatic heterocycles. The fourth-order valence-electron chi connectivity index (χ4n) is 3.43. The van der Waals surface area contributed by atoms with Crippen LogP contribution in [0.15, 0.2) is 48.7 Å². The lowest BCUT2D eigenvalue weighted by Gasteiger charge is -2.23. The summed E-state index contributed by atoms with van der Waals surface area (Å²) in [5.74, 6) is 1.02. The molecule has 30 heavy (non-hydrogen) atoms. The molecule has 7 heteroatoms. The number of nitrogens with one attached hydrogen (secondary N) is 2. The lowest BCUT2D eigenvalue weighted by Crippen LogP contribution is -2.43. The summed E-state index contributed by atoms with van der Waals surface area (Å²) in [5.41, 5.74) is 1.40. The number of anilines is 2. The van der Waals surface area contributed by atoms with Gasteiger partial charge >= 0.3 is 6.03 Å². The number of hydrogen-bond donors (Lipinski definition) is 2. The van der Waals surface area contributed by atoms with Crippen LogP contribution >= 0.6 is 0 Å². The van der Waals surface area contributed by atoms with Crippen LogP contribution in [0.1, 0.15) is 32.8 Å². The number of carbonyl (C=O) groups excluding carboxylic acids is 2. The Morgan fingerprint density at radius 3 is 2.43 bits per heavy atom. The van der Waals surface area contributed by atoms with Gasteiger partial charge in [-0.15, -0.1) is 0 Å². The van der Waals surface area contributed by atoms with Crippen molar-refractivity contribution in [2.75, 3.05) is 36.4 Å². The van der Waals surface area contributed by atoms with Crippen molar-refractivity contribution in [1.82, 2.24) is 15.2 Å².